The zero-order chi connectivity index (χ0) is 27.9. The van der Waals surface area contributed by atoms with Crippen LogP contribution in [0.3, 0.4) is 0 Å². The second-order valence-electron chi connectivity index (χ2n) is 7.39. The summed E-state index contributed by atoms with van der Waals surface area (Å²) in [7, 11) is 1.62. The molecule has 0 fully saturated rings. The van der Waals surface area contributed by atoms with Crippen molar-refractivity contribution in [3.8, 4) is 0 Å². The number of fused-ring (bicyclic) bond motifs is 1. The van der Waals surface area contributed by atoms with Gasteiger partial charge in [-0.1, -0.05) is 31.2 Å². The molecule has 3 aromatic carbocycles. The van der Waals surface area contributed by atoms with Crippen LogP contribution in [0.25, 0.3) is 10.9 Å². The van der Waals surface area contributed by atoms with Gasteiger partial charge in [-0.05, 0) is 90.1 Å². The lowest BCUT2D eigenvalue weighted by Gasteiger charge is -2.04. The van der Waals surface area contributed by atoms with Crippen LogP contribution in [-0.4, -0.2) is 31.7 Å². The lowest BCUT2D eigenvalue weighted by Crippen LogP contribution is -2.28. The highest BCUT2D eigenvalue weighted by Gasteiger charge is 2.12. The molecule has 4 aromatic rings. The van der Waals surface area contributed by atoms with Gasteiger partial charge >= 0.3 is 17.6 Å². The number of carboxylic acid groups (broad SMARTS) is 2. The Balaban J connectivity index is 0.000000197. The summed E-state index contributed by atoms with van der Waals surface area (Å²) in [5.74, 6) is -1.89. The van der Waals surface area contributed by atoms with Crippen LogP contribution in [0.5, 0.6) is 0 Å². The Hall–Kier alpha value is -3.22. The maximum atomic E-state index is 11.5. The zero-order valence-corrected chi connectivity index (χ0v) is 24.3. The number of aromatic nitrogens is 2. The van der Waals surface area contributed by atoms with Gasteiger partial charge in [0.1, 0.15) is 0 Å². The summed E-state index contributed by atoms with van der Waals surface area (Å²) in [6.45, 7) is 1.94. The van der Waals surface area contributed by atoms with Gasteiger partial charge < -0.3 is 15.9 Å². The van der Waals surface area contributed by atoms with Gasteiger partial charge in [0.05, 0.1) is 22.0 Å². The van der Waals surface area contributed by atoms with Crippen LogP contribution in [0.4, 0.5) is 5.69 Å². The lowest BCUT2D eigenvalue weighted by molar-refractivity contribution is 0.0685. The molecule has 0 aliphatic carbocycles. The Morgan fingerprint density at radius 1 is 0.865 bits per heavy atom. The Bertz CT molecular complexity index is 1560. The van der Waals surface area contributed by atoms with Crippen molar-refractivity contribution in [2.45, 2.75) is 13.3 Å². The SMILES string of the molecule is CCc1cccc(Br)c1C(=O)O.Cn1c(=O)[nH]c(=O)c2c(Br)cccc21.Nc1cccc(Br)c1C(=O)O. The molecule has 194 valence electrons. The molecule has 0 aliphatic rings. The smallest absolute Gasteiger partial charge is 0.338 e. The number of rotatable bonds is 3. The number of nitrogens with zero attached hydrogens (tertiary/aromatic N) is 1. The van der Waals surface area contributed by atoms with E-state index in [-0.39, 0.29) is 16.8 Å². The van der Waals surface area contributed by atoms with Gasteiger partial charge in [-0.2, -0.15) is 0 Å². The minimum Gasteiger partial charge on any atom is -0.478 e. The summed E-state index contributed by atoms with van der Waals surface area (Å²) < 4.78 is 3.24. The van der Waals surface area contributed by atoms with Crippen LogP contribution >= 0.6 is 47.8 Å². The van der Waals surface area contributed by atoms with E-state index in [2.05, 4.69) is 52.8 Å². The van der Waals surface area contributed by atoms with Crippen molar-refractivity contribution in [1.29, 1.82) is 0 Å². The van der Waals surface area contributed by atoms with E-state index in [0.29, 0.717) is 29.9 Å². The molecule has 9 nitrogen and oxygen atoms in total. The van der Waals surface area contributed by atoms with Crippen molar-refractivity contribution in [3.05, 3.63) is 106 Å². The Labute approximate surface area is 236 Å². The predicted octanol–water partition coefficient (Wildman–Crippen LogP) is 5.43. The molecule has 0 bridgehead atoms. The normalized spacial score (nSPS) is 10.1. The summed E-state index contributed by atoms with van der Waals surface area (Å²) in [6.07, 6.45) is 0.737. The first-order valence-corrected chi connectivity index (χ1v) is 12.9. The van der Waals surface area contributed by atoms with Crippen molar-refractivity contribution in [3.63, 3.8) is 0 Å². The van der Waals surface area contributed by atoms with Gasteiger partial charge in [-0.3, -0.25) is 14.3 Å². The number of H-pyrrole nitrogens is 1. The molecule has 4 rings (SSSR count). The molecule has 0 amide bonds. The van der Waals surface area contributed by atoms with Crippen LogP contribution in [0.2, 0.25) is 0 Å². The van der Waals surface area contributed by atoms with Crippen LogP contribution in [-0.2, 0) is 13.5 Å². The molecule has 0 saturated heterocycles. The third-order valence-corrected chi connectivity index (χ3v) is 7.04. The van der Waals surface area contributed by atoms with Crippen LogP contribution in [0, 0.1) is 0 Å². The number of aromatic amines is 1. The van der Waals surface area contributed by atoms with Gasteiger partial charge in [0, 0.05) is 26.2 Å². The molecular weight excluding hydrogens is 678 g/mol. The van der Waals surface area contributed by atoms with Gasteiger partial charge in [0.15, 0.2) is 0 Å². The third-order valence-electron chi connectivity index (χ3n) is 5.06. The molecule has 12 heteroatoms. The fourth-order valence-electron chi connectivity index (χ4n) is 3.24. The number of aryl methyl sites for hydroxylation is 2. The van der Waals surface area contributed by atoms with Gasteiger partial charge in [0.2, 0.25) is 0 Å². The molecule has 0 unspecified atom stereocenters. The maximum Gasteiger partial charge on any atom is 0.338 e. The molecule has 1 heterocycles. The molecule has 0 atom stereocenters. The van der Waals surface area contributed by atoms with E-state index in [0.717, 1.165) is 12.0 Å². The number of carboxylic acids is 2. The van der Waals surface area contributed by atoms with E-state index in [1.807, 2.05) is 19.1 Å². The Morgan fingerprint density at radius 3 is 1.86 bits per heavy atom. The fourth-order valence-corrected chi connectivity index (χ4v) is 4.90. The molecule has 0 aliphatic heterocycles. The molecule has 0 saturated carbocycles. The minimum atomic E-state index is -1.02. The number of nitrogens with two attached hydrogens (primary N) is 1. The molecule has 1 aromatic heterocycles. The van der Waals surface area contributed by atoms with E-state index in [9.17, 15) is 19.2 Å². The van der Waals surface area contributed by atoms with E-state index in [1.165, 1.54) is 4.57 Å². The first kappa shape index (κ1) is 30.0. The molecule has 0 spiro atoms. The van der Waals surface area contributed by atoms with Crippen molar-refractivity contribution in [1.82, 2.24) is 9.55 Å². The number of aromatic carboxylic acids is 2. The van der Waals surface area contributed by atoms with Crippen molar-refractivity contribution in [2.24, 2.45) is 7.05 Å². The lowest BCUT2D eigenvalue weighted by atomic mass is 10.1. The highest BCUT2D eigenvalue weighted by molar-refractivity contribution is 9.11. The second kappa shape index (κ2) is 13.4. The van der Waals surface area contributed by atoms with Crippen LogP contribution in [0.1, 0.15) is 33.2 Å². The summed E-state index contributed by atoms with van der Waals surface area (Å²) in [5, 5.41) is 18.0. The molecule has 0 radical (unpaired) electrons. The number of hydrogen-bond donors (Lipinski definition) is 4. The zero-order valence-electron chi connectivity index (χ0n) is 19.6. The van der Waals surface area contributed by atoms with Gasteiger partial charge in [0.25, 0.3) is 5.56 Å². The van der Waals surface area contributed by atoms with Gasteiger partial charge in [-0.25, -0.2) is 14.4 Å². The predicted molar refractivity (Wildman–Crippen MR) is 154 cm³/mol. The minimum absolute atomic E-state index is 0.118. The van der Waals surface area contributed by atoms with Crippen molar-refractivity contribution >= 4 is 76.3 Å². The highest BCUT2D eigenvalue weighted by atomic mass is 79.9. The van der Waals surface area contributed by atoms with Gasteiger partial charge in [-0.15, -0.1) is 0 Å². The summed E-state index contributed by atoms with van der Waals surface area (Å²) in [5.41, 5.74) is 6.88. The van der Waals surface area contributed by atoms with E-state index in [4.69, 9.17) is 15.9 Å². The average molecular weight is 700 g/mol. The van der Waals surface area contributed by atoms with E-state index < -0.39 is 17.6 Å². The van der Waals surface area contributed by atoms with Crippen LogP contribution in [0.15, 0.2) is 77.6 Å². The quantitative estimate of drug-likeness (QED) is 0.208. The fraction of sp³-hybridized carbons (Fsp3) is 0.120. The molecule has 37 heavy (non-hydrogen) atoms. The highest BCUT2D eigenvalue weighted by Crippen LogP contribution is 2.22. The molecular formula is C25H22Br3N3O6. The largest absolute Gasteiger partial charge is 0.478 e. The van der Waals surface area contributed by atoms with E-state index >= 15 is 0 Å². The second-order valence-corrected chi connectivity index (χ2v) is 9.96. The summed E-state index contributed by atoms with van der Waals surface area (Å²) >= 11 is 9.57. The summed E-state index contributed by atoms with van der Waals surface area (Å²) in [4.78, 5) is 46.3. The number of halogens is 3. The Kier molecular flexibility index (Phi) is 10.8. The van der Waals surface area contributed by atoms with Crippen molar-refractivity contribution in [2.75, 3.05) is 5.73 Å². The average Bonchev–Trinajstić information content (AvgIpc) is 2.82. The van der Waals surface area contributed by atoms with Crippen LogP contribution < -0.4 is 17.0 Å². The first-order valence-electron chi connectivity index (χ1n) is 10.6. The maximum absolute atomic E-state index is 11.5. The first-order chi connectivity index (χ1) is 17.4. The number of benzene rings is 3. The van der Waals surface area contributed by atoms with Crippen molar-refractivity contribution < 1.29 is 19.8 Å². The number of carbonyl (C=O) groups is 2. The molecule has 5 N–H and O–H groups in total. The standard InChI is InChI=1S/C9H7BrN2O2.C9H9BrO2.C7H6BrNO2/c1-12-6-4-2-3-5(10)7(6)8(13)11-9(12)14;1-2-6-4-3-5-7(10)8(6)9(11)12;8-4-2-1-3-5(9)6(4)7(10)11/h2-4H,1H3,(H,11,13,14);3-5H,2H2,1H3,(H,11,12);1-3H,9H2,(H,10,11). The number of nitrogen functional groups attached to an aromatic ring is 1. The number of anilines is 1. The third kappa shape index (κ3) is 7.40. The number of hydrogen-bond acceptors (Lipinski definition) is 5. The topological polar surface area (TPSA) is 155 Å². The number of nitrogens with one attached hydrogen (secondary N) is 1. The Morgan fingerprint density at radius 2 is 1.38 bits per heavy atom. The van der Waals surface area contributed by atoms with E-state index in [1.54, 1.807) is 49.5 Å². The monoisotopic (exact) mass is 697 g/mol. The summed E-state index contributed by atoms with van der Waals surface area (Å²) in [6, 6.07) is 15.6.